The van der Waals surface area contributed by atoms with Crippen LogP contribution in [-0.2, 0) is 0 Å². The summed E-state index contributed by atoms with van der Waals surface area (Å²) >= 11 is 0. The molecule has 1 aromatic rings. The zero-order chi connectivity index (χ0) is 12.6. The lowest BCUT2D eigenvalue weighted by atomic mass is 10.1. The maximum absolute atomic E-state index is 9.78. The monoisotopic (exact) mass is 239 g/mol. The minimum absolute atomic E-state index is 0.0291. The fraction of sp³-hybridized carbons (Fsp3) is 0.833. The summed E-state index contributed by atoms with van der Waals surface area (Å²) in [5.74, 6) is 1.99. The van der Waals surface area contributed by atoms with Crippen LogP contribution in [0.2, 0.25) is 0 Å². The van der Waals surface area contributed by atoms with Gasteiger partial charge in [0, 0.05) is 12.5 Å². The van der Waals surface area contributed by atoms with E-state index in [1.807, 2.05) is 18.9 Å². The predicted octanol–water partition coefficient (Wildman–Crippen LogP) is 1.71. The molecule has 5 heteroatoms. The van der Waals surface area contributed by atoms with Crippen LogP contribution in [0.5, 0.6) is 0 Å². The predicted molar refractivity (Wildman–Crippen MR) is 63.6 cm³/mol. The molecule has 0 aromatic carbocycles. The molecule has 0 aliphatic heterocycles. The van der Waals surface area contributed by atoms with Crippen LogP contribution in [0.3, 0.4) is 0 Å². The van der Waals surface area contributed by atoms with E-state index < -0.39 is 5.60 Å². The van der Waals surface area contributed by atoms with Crippen molar-refractivity contribution in [2.75, 3.05) is 13.6 Å². The lowest BCUT2D eigenvalue weighted by Gasteiger charge is -2.28. The highest BCUT2D eigenvalue weighted by atomic mass is 16.5. The van der Waals surface area contributed by atoms with Crippen LogP contribution in [0.4, 0.5) is 0 Å². The molecule has 2 rings (SSSR count). The van der Waals surface area contributed by atoms with Gasteiger partial charge in [0.05, 0.1) is 11.6 Å². The Bertz CT molecular complexity index is 379. The number of hydrogen-bond acceptors (Lipinski definition) is 5. The van der Waals surface area contributed by atoms with Crippen molar-refractivity contribution < 1.29 is 9.63 Å². The van der Waals surface area contributed by atoms with E-state index in [-0.39, 0.29) is 6.04 Å². The Labute approximate surface area is 102 Å². The molecule has 17 heavy (non-hydrogen) atoms. The lowest BCUT2D eigenvalue weighted by Crippen LogP contribution is -2.37. The molecule has 0 radical (unpaired) electrons. The fourth-order valence-electron chi connectivity index (χ4n) is 1.86. The third-order valence-electron chi connectivity index (χ3n) is 3.05. The summed E-state index contributed by atoms with van der Waals surface area (Å²) in [6.07, 6.45) is 2.35. The second-order valence-electron chi connectivity index (χ2n) is 5.67. The van der Waals surface area contributed by atoms with Gasteiger partial charge in [-0.2, -0.15) is 4.98 Å². The molecule has 0 saturated heterocycles. The van der Waals surface area contributed by atoms with Gasteiger partial charge in [0.2, 0.25) is 5.89 Å². The highest BCUT2D eigenvalue weighted by molar-refractivity contribution is 5.04. The molecule has 5 nitrogen and oxygen atoms in total. The van der Waals surface area contributed by atoms with Crippen LogP contribution < -0.4 is 0 Å². The minimum Gasteiger partial charge on any atom is -0.389 e. The van der Waals surface area contributed by atoms with E-state index in [9.17, 15) is 5.11 Å². The van der Waals surface area contributed by atoms with E-state index in [4.69, 9.17) is 4.52 Å². The van der Waals surface area contributed by atoms with E-state index in [1.54, 1.807) is 13.8 Å². The summed E-state index contributed by atoms with van der Waals surface area (Å²) in [7, 11) is 1.95. The van der Waals surface area contributed by atoms with Gasteiger partial charge in [-0.3, -0.25) is 4.90 Å². The van der Waals surface area contributed by atoms with Crippen molar-refractivity contribution in [3.8, 4) is 0 Å². The Morgan fingerprint density at radius 2 is 2.18 bits per heavy atom. The Balaban J connectivity index is 1.99. The van der Waals surface area contributed by atoms with Crippen molar-refractivity contribution in [1.29, 1.82) is 0 Å². The first-order valence-electron chi connectivity index (χ1n) is 6.13. The van der Waals surface area contributed by atoms with Crippen LogP contribution in [0, 0.1) is 0 Å². The maximum atomic E-state index is 9.78. The molecule has 1 fully saturated rings. The highest BCUT2D eigenvalue weighted by Crippen LogP contribution is 2.38. The number of aromatic nitrogens is 2. The fourth-order valence-corrected chi connectivity index (χ4v) is 1.86. The number of aliphatic hydroxyl groups is 1. The lowest BCUT2D eigenvalue weighted by molar-refractivity contribution is 0.0289. The van der Waals surface area contributed by atoms with Gasteiger partial charge >= 0.3 is 0 Å². The molecule has 1 aliphatic rings. The number of likely N-dealkylation sites (N-methyl/N-ethyl adjacent to an activating group) is 1. The Kier molecular flexibility index (Phi) is 3.23. The zero-order valence-electron chi connectivity index (χ0n) is 11.0. The maximum Gasteiger partial charge on any atom is 0.243 e. The van der Waals surface area contributed by atoms with Crippen molar-refractivity contribution in [2.45, 2.75) is 51.2 Å². The van der Waals surface area contributed by atoms with Crippen molar-refractivity contribution in [3.63, 3.8) is 0 Å². The van der Waals surface area contributed by atoms with Gasteiger partial charge in [-0.05, 0) is 40.7 Å². The number of rotatable bonds is 5. The van der Waals surface area contributed by atoms with Gasteiger partial charge in [-0.15, -0.1) is 0 Å². The van der Waals surface area contributed by atoms with Crippen LogP contribution in [-0.4, -0.2) is 39.3 Å². The minimum atomic E-state index is -0.720. The van der Waals surface area contributed by atoms with Gasteiger partial charge in [-0.25, -0.2) is 0 Å². The van der Waals surface area contributed by atoms with Gasteiger partial charge < -0.3 is 9.63 Å². The quantitative estimate of drug-likeness (QED) is 0.847. The molecule has 1 N–H and O–H groups in total. The normalized spacial score (nSPS) is 18.7. The third-order valence-corrected chi connectivity index (χ3v) is 3.05. The summed E-state index contributed by atoms with van der Waals surface area (Å²) in [5.41, 5.74) is -0.720. The van der Waals surface area contributed by atoms with Crippen molar-refractivity contribution in [2.24, 2.45) is 0 Å². The van der Waals surface area contributed by atoms with Gasteiger partial charge in [0.15, 0.2) is 5.82 Å². The summed E-state index contributed by atoms with van der Waals surface area (Å²) in [4.78, 5) is 6.44. The molecule has 0 amide bonds. The van der Waals surface area contributed by atoms with Crippen LogP contribution in [0.15, 0.2) is 4.52 Å². The molecule has 0 bridgehead atoms. The molecule has 1 unspecified atom stereocenters. The molecule has 1 saturated carbocycles. The second-order valence-corrected chi connectivity index (χ2v) is 5.67. The summed E-state index contributed by atoms with van der Waals surface area (Å²) in [6, 6.07) is 0.0291. The van der Waals surface area contributed by atoms with Crippen molar-refractivity contribution in [3.05, 3.63) is 11.7 Å². The Morgan fingerprint density at radius 1 is 1.53 bits per heavy atom. The molecular formula is C12H21N3O2. The first kappa shape index (κ1) is 12.5. The number of hydrogen-bond donors (Lipinski definition) is 1. The summed E-state index contributed by atoms with van der Waals surface area (Å²) in [6.45, 7) is 6.16. The molecule has 1 heterocycles. The van der Waals surface area contributed by atoms with Crippen LogP contribution in [0.25, 0.3) is 0 Å². The van der Waals surface area contributed by atoms with Crippen molar-refractivity contribution in [1.82, 2.24) is 15.0 Å². The summed E-state index contributed by atoms with van der Waals surface area (Å²) < 4.78 is 5.28. The van der Waals surface area contributed by atoms with Crippen LogP contribution >= 0.6 is 0 Å². The topological polar surface area (TPSA) is 62.4 Å². The molecule has 1 atom stereocenters. The van der Waals surface area contributed by atoms with Crippen molar-refractivity contribution >= 4 is 0 Å². The van der Waals surface area contributed by atoms with Gasteiger partial charge in [0.1, 0.15) is 0 Å². The van der Waals surface area contributed by atoms with E-state index in [2.05, 4.69) is 10.1 Å². The van der Waals surface area contributed by atoms with E-state index in [0.717, 1.165) is 5.82 Å². The molecule has 96 valence electrons. The smallest absolute Gasteiger partial charge is 0.243 e. The molecular weight excluding hydrogens is 218 g/mol. The SMILES string of the molecule is CC(c1nc(C2CC2)no1)N(C)CC(C)(C)O. The first-order chi connectivity index (χ1) is 7.87. The second kappa shape index (κ2) is 4.38. The van der Waals surface area contributed by atoms with E-state index in [1.165, 1.54) is 12.8 Å². The van der Waals surface area contributed by atoms with E-state index in [0.29, 0.717) is 18.4 Å². The average molecular weight is 239 g/mol. The molecule has 0 spiro atoms. The molecule has 1 aliphatic carbocycles. The van der Waals surface area contributed by atoms with Crippen LogP contribution in [0.1, 0.15) is 57.3 Å². The van der Waals surface area contributed by atoms with Gasteiger partial charge in [-0.1, -0.05) is 5.16 Å². The highest BCUT2D eigenvalue weighted by Gasteiger charge is 2.30. The standard InChI is InChI=1S/C12H21N3O2/c1-8(15(4)7-12(2,3)16)11-13-10(14-17-11)9-5-6-9/h8-9,16H,5-7H2,1-4H3. The number of nitrogens with zero attached hydrogens (tertiary/aromatic N) is 3. The molecule has 1 aromatic heterocycles. The Hall–Kier alpha value is -0.940. The summed E-state index contributed by atoms with van der Waals surface area (Å²) in [5, 5.41) is 13.8. The zero-order valence-corrected chi connectivity index (χ0v) is 11.0. The van der Waals surface area contributed by atoms with E-state index >= 15 is 0 Å². The third kappa shape index (κ3) is 3.26. The average Bonchev–Trinajstić information content (AvgIpc) is 2.93. The Morgan fingerprint density at radius 3 is 2.71 bits per heavy atom. The first-order valence-corrected chi connectivity index (χ1v) is 6.13. The van der Waals surface area contributed by atoms with Gasteiger partial charge in [0.25, 0.3) is 0 Å². The largest absolute Gasteiger partial charge is 0.389 e.